The first-order chi connectivity index (χ1) is 7.64. The van der Waals surface area contributed by atoms with E-state index in [0.29, 0.717) is 22.3 Å². The number of methoxy groups -OCH3 is 1. The maximum Gasteiger partial charge on any atom is 0.138 e. The third-order valence-electron chi connectivity index (χ3n) is 3.54. The number of benzene rings is 1. The molecule has 1 saturated carbocycles. The molecule has 1 aliphatic rings. The Kier molecular flexibility index (Phi) is 3.34. The Morgan fingerprint density at radius 1 is 1.31 bits per heavy atom. The molecule has 0 heterocycles. The van der Waals surface area contributed by atoms with E-state index in [4.69, 9.17) is 33.7 Å². The zero-order chi connectivity index (χ0) is 11.8. The summed E-state index contributed by atoms with van der Waals surface area (Å²) in [5, 5.41) is 1.08. The fourth-order valence-electron chi connectivity index (χ4n) is 2.29. The molecular weight excluding hydrogens is 245 g/mol. The van der Waals surface area contributed by atoms with Crippen LogP contribution in [0.3, 0.4) is 0 Å². The van der Waals surface area contributed by atoms with Crippen molar-refractivity contribution in [3.05, 3.63) is 27.7 Å². The van der Waals surface area contributed by atoms with Crippen molar-refractivity contribution in [1.29, 1.82) is 0 Å². The second kappa shape index (κ2) is 4.44. The molecule has 0 unspecified atom stereocenters. The summed E-state index contributed by atoms with van der Waals surface area (Å²) in [6.07, 6.45) is 3.38. The molecule has 4 heteroatoms. The molecule has 16 heavy (non-hydrogen) atoms. The van der Waals surface area contributed by atoms with Crippen LogP contribution in [0.5, 0.6) is 5.75 Å². The van der Waals surface area contributed by atoms with Gasteiger partial charge in [0.05, 0.1) is 12.1 Å². The van der Waals surface area contributed by atoms with Gasteiger partial charge in [-0.1, -0.05) is 35.7 Å². The third-order valence-corrected chi connectivity index (χ3v) is 4.40. The Bertz CT molecular complexity index is 397. The summed E-state index contributed by atoms with van der Waals surface area (Å²) in [7, 11) is 1.58. The van der Waals surface area contributed by atoms with Crippen molar-refractivity contribution in [3.63, 3.8) is 0 Å². The maximum absolute atomic E-state index is 6.29. The van der Waals surface area contributed by atoms with E-state index in [1.807, 2.05) is 12.1 Å². The lowest BCUT2D eigenvalue weighted by Gasteiger charge is -2.42. The summed E-state index contributed by atoms with van der Waals surface area (Å²) in [6, 6.07) is 3.85. The Morgan fingerprint density at radius 2 is 2.00 bits per heavy atom. The van der Waals surface area contributed by atoms with Gasteiger partial charge in [0.2, 0.25) is 0 Å². The molecule has 88 valence electrons. The average Bonchev–Trinajstić information content (AvgIpc) is 2.23. The Morgan fingerprint density at radius 3 is 2.44 bits per heavy atom. The standard InChI is InChI=1S/C12H15Cl2NO/c1-16-9-4-3-8(10(13)11(9)14)12(7-15)5-2-6-12/h3-4H,2,5-7,15H2,1H3. The summed E-state index contributed by atoms with van der Waals surface area (Å²) in [5.74, 6) is 0.613. The highest BCUT2D eigenvalue weighted by molar-refractivity contribution is 6.43. The topological polar surface area (TPSA) is 35.2 Å². The molecule has 1 aromatic rings. The lowest BCUT2D eigenvalue weighted by Crippen LogP contribution is -2.41. The number of nitrogens with two attached hydrogens (primary N) is 1. The molecule has 0 bridgehead atoms. The first-order valence-electron chi connectivity index (χ1n) is 5.37. The SMILES string of the molecule is COc1ccc(C2(CN)CCC2)c(Cl)c1Cl. The van der Waals surface area contributed by atoms with Crippen molar-refractivity contribution in [2.75, 3.05) is 13.7 Å². The monoisotopic (exact) mass is 259 g/mol. The Labute approximate surface area is 106 Å². The van der Waals surface area contributed by atoms with Gasteiger partial charge in [-0.05, 0) is 24.5 Å². The summed E-state index contributed by atoms with van der Waals surface area (Å²) in [6.45, 7) is 0.620. The number of ether oxygens (including phenoxy) is 1. The van der Waals surface area contributed by atoms with Crippen LogP contribution < -0.4 is 10.5 Å². The van der Waals surface area contributed by atoms with E-state index in [9.17, 15) is 0 Å². The van der Waals surface area contributed by atoms with E-state index < -0.39 is 0 Å². The van der Waals surface area contributed by atoms with Gasteiger partial charge in [0.25, 0.3) is 0 Å². The van der Waals surface area contributed by atoms with Gasteiger partial charge < -0.3 is 10.5 Å². The quantitative estimate of drug-likeness (QED) is 0.904. The molecule has 0 aromatic heterocycles. The van der Waals surface area contributed by atoms with Gasteiger partial charge in [0.1, 0.15) is 10.8 Å². The molecule has 0 atom stereocenters. The van der Waals surface area contributed by atoms with Gasteiger partial charge in [-0.15, -0.1) is 0 Å². The van der Waals surface area contributed by atoms with E-state index in [1.54, 1.807) is 7.11 Å². The third kappa shape index (κ3) is 1.69. The molecular formula is C12H15Cl2NO. The fraction of sp³-hybridized carbons (Fsp3) is 0.500. The zero-order valence-corrected chi connectivity index (χ0v) is 10.7. The average molecular weight is 260 g/mol. The van der Waals surface area contributed by atoms with Crippen LogP contribution in [0.15, 0.2) is 12.1 Å². The van der Waals surface area contributed by atoms with Gasteiger partial charge >= 0.3 is 0 Å². The van der Waals surface area contributed by atoms with Crippen LogP contribution in [0.1, 0.15) is 24.8 Å². The Hall–Kier alpha value is -0.440. The van der Waals surface area contributed by atoms with Crippen molar-refractivity contribution in [2.24, 2.45) is 5.73 Å². The van der Waals surface area contributed by atoms with Crippen molar-refractivity contribution in [1.82, 2.24) is 0 Å². The van der Waals surface area contributed by atoms with Gasteiger partial charge in [-0.25, -0.2) is 0 Å². The van der Waals surface area contributed by atoms with Gasteiger partial charge in [0.15, 0.2) is 0 Å². The molecule has 0 spiro atoms. The second-order valence-electron chi connectivity index (χ2n) is 4.28. The molecule has 0 aliphatic heterocycles. The lowest BCUT2D eigenvalue weighted by molar-refractivity contribution is 0.253. The summed E-state index contributed by atoms with van der Waals surface area (Å²) in [4.78, 5) is 0. The molecule has 2 N–H and O–H groups in total. The van der Waals surface area contributed by atoms with Crippen LogP contribution >= 0.6 is 23.2 Å². The summed E-state index contributed by atoms with van der Waals surface area (Å²) in [5.41, 5.74) is 6.96. The highest BCUT2D eigenvalue weighted by atomic mass is 35.5. The van der Waals surface area contributed by atoms with E-state index >= 15 is 0 Å². The minimum atomic E-state index is 0.0347. The maximum atomic E-state index is 6.29. The predicted molar refractivity (Wildman–Crippen MR) is 67.6 cm³/mol. The second-order valence-corrected chi connectivity index (χ2v) is 5.04. The minimum Gasteiger partial charge on any atom is -0.495 e. The summed E-state index contributed by atoms with van der Waals surface area (Å²) >= 11 is 12.4. The molecule has 0 radical (unpaired) electrons. The smallest absolute Gasteiger partial charge is 0.138 e. The van der Waals surface area contributed by atoms with Gasteiger partial charge in [-0.3, -0.25) is 0 Å². The predicted octanol–water partition coefficient (Wildman–Crippen LogP) is 3.38. The van der Waals surface area contributed by atoms with E-state index in [2.05, 4.69) is 0 Å². The van der Waals surface area contributed by atoms with Gasteiger partial charge in [0, 0.05) is 12.0 Å². The highest BCUT2D eigenvalue weighted by Gasteiger charge is 2.39. The van der Waals surface area contributed by atoms with Crippen LogP contribution in [-0.2, 0) is 5.41 Å². The fourth-order valence-corrected chi connectivity index (χ4v) is 2.88. The Balaban J connectivity index is 2.46. The molecule has 2 rings (SSSR count). The molecule has 1 aromatic carbocycles. The number of hydrogen-bond acceptors (Lipinski definition) is 2. The van der Waals surface area contributed by atoms with E-state index in [1.165, 1.54) is 6.42 Å². The van der Waals surface area contributed by atoms with Crippen molar-refractivity contribution in [3.8, 4) is 5.75 Å². The highest BCUT2D eigenvalue weighted by Crippen LogP contribution is 2.48. The number of halogens is 2. The largest absolute Gasteiger partial charge is 0.495 e. The van der Waals surface area contributed by atoms with E-state index in [-0.39, 0.29) is 5.41 Å². The molecule has 0 saturated heterocycles. The minimum absolute atomic E-state index is 0.0347. The zero-order valence-electron chi connectivity index (χ0n) is 9.22. The molecule has 2 nitrogen and oxygen atoms in total. The van der Waals surface area contributed by atoms with Crippen LogP contribution in [-0.4, -0.2) is 13.7 Å². The molecule has 0 amide bonds. The first-order valence-corrected chi connectivity index (χ1v) is 6.13. The van der Waals surface area contributed by atoms with Gasteiger partial charge in [-0.2, -0.15) is 0 Å². The van der Waals surface area contributed by atoms with Crippen LogP contribution in [0, 0.1) is 0 Å². The van der Waals surface area contributed by atoms with Crippen LogP contribution in [0.25, 0.3) is 0 Å². The van der Waals surface area contributed by atoms with E-state index in [0.717, 1.165) is 18.4 Å². The molecule has 1 fully saturated rings. The summed E-state index contributed by atoms with van der Waals surface area (Å²) < 4.78 is 5.13. The van der Waals surface area contributed by atoms with Crippen molar-refractivity contribution >= 4 is 23.2 Å². The number of rotatable bonds is 3. The van der Waals surface area contributed by atoms with Crippen LogP contribution in [0.2, 0.25) is 10.0 Å². The van der Waals surface area contributed by atoms with Crippen molar-refractivity contribution < 1.29 is 4.74 Å². The van der Waals surface area contributed by atoms with Crippen molar-refractivity contribution in [2.45, 2.75) is 24.7 Å². The molecule has 1 aliphatic carbocycles. The first kappa shape index (κ1) is 12.0. The van der Waals surface area contributed by atoms with Crippen LogP contribution in [0.4, 0.5) is 0 Å². The number of hydrogen-bond donors (Lipinski definition) is 1. The lowest BCUT2D eigenvalue weighted by atomic mass is 9.64. The normalized spacial score (nSPS) is 18.0.